The molecule has 0 aliphatic heterocycles. The van der Waals surface area contributed by atoms with E-state index in [-0.39, 0.29) is 10.8 Å². The van der Waals surface area contributed by atoms with Crippen LogP contribution in [0.2, 0.25) is 0 Å². The van der Waals surface area contributed by atoms with Crippen molar-refractivity contribution in [2.24, 2.45) is 0 Å². The molecule has 0 aliphatic carbocycles. The molecule has 1 aromatic carbocycles. The van der Waals surface area contributed by atoms with Gasteiger partial charge in [0.05, 0.1) is 0 Å². The average molecular weight is 255 g/mol. The molecular weight excluding hydrogens is 238 g/mol. The molecule has 1 N–H and O–H groups in total. The molecule has 0 radical (unpaired) electrons. The number of amides is 1. The maximum absolute atomic E-state index is 11.7. The Hall–Kier alpha value is -0.610. The van der Waals surface area contributed by atoms with Gasteiger partial charge in [0.1, 0.15) is 0 Å². The normalized spacial score (nSPS) is 11.2. The van der Waals surface area contributed by atoms with Crippen molar-refractivity contribution in [3.8, 4) is 0 Å². The lowest BCUT2D eigenvalue weighted by molar-refractivity contribution is 0.253. The topological polar surface area (TPSA) is 29.1 Å². The van der Waals surface area contributed by atoms with Crippen LogP contribution in [0.4, 0.5) is 4.79 Å². The molecule has 0 heterocycles. The molecule has 1 aromatic rings. The molecule has 0 aliphatic rings. The van der Waals surface area contributed by atoms with Gasteiger partial charge < -0.3 is 5.32 Å². The molecule has 88 valence electrons. The summed E-state index contributed by atoms with van der Waals surface area (Å²) in [6.07, 6.45) is 2.03. The summed E-state index contributed by atoms with van der Waals surface area (Å²) in [4.78, 5) is 13.8. The van der Waals surface area contributed by atoms with Crippen LogP contribution in [0.5, 0.6) is 0 Å². The van der Waals surface area contributed by atoms with E-state index in [4.69, 9.17) is 0 Å². The number of nitrogens with one attached hydrogen (secondary N) is 1. The van der Waals surface area contributed by atoms with Gasteiger partial charge in [-0.15, -0.1) is 11.8 Å². The van der Waals surface area contributed by atoms with E-state index in [1.165, 1.54) is 16.7 Å². The zero-order valence-electron chi connectivity index (χ0n) is 10.0. The Bertz CT molecular complexity index is 372. The van der Waals surface area contributed by atoms with Crippen molar-refractivity contribution in [3.63, 3.8) is 0 Å². The Balaban J connectivity index is 2.62. The molecule has 0 spiro atoms. The Morgan fingerprint density at radius 3 is 2.44 bits per heavy atom. The van der Waals surface area contributed by atoms with Crippen LogP contribution in [0.1, 0.15) is 20.8 Å². The monoisotopic (exact) mass is 255 g/mol. The fourth-order valence-corrected chi connectivity index (χ4v) is 2.54. The Kier molecular flexibility index (Phi) is 4.74. The van der Waals surface area contributed by atoms with Gasteiger partial charge in [-0.1, -0.05) is 6.07 Å². The summed E-state index contributed by atoms with van der Waals surface area (Å²) < 4.78 is 0. The van der Waals surface area contributed by atoms with Gasteiger partial charge in [-0.2, -0.15) is 0 Å². The second-order valence-electron chi connectivity index (χ2n) is 4.44. The number of carbonyl (C=O) groups excluding carboxylic acids is 1. The molecule has 1 rings (SSSR count). The minimum atomic E-state index is -0.179. The predicted molar refractivity (Wildman–Crippen MR) is 72.4 cm³/mol. The molecule has 0 fully saturated rings. The predicted octanol–water partition coefficient (Wildman–Crippen LogP) is 4.01. The van der Waals surface area contributed by atoms with E-state index in [1.807, 2.05) is 51.3 Å². The molecule has 0 saturated carbocycles. The van der Waals surface area contributed by atoms with Crippen LogP contribution < -0.4 is 5.32 Å². The second kappa shape index (κ2) is 5.64. The van der Waals surface area contributed by atoms with Crippen molar-refractivity contribution < 1.29 is 4.79 Å². The minimum absolute atomic E-state index is 0.00856. The van der Waals surface area contributed by atoms with Crippen LogP contribution in [-0.4, -0.2) is 17.0 Å². The van der Waals surface area contributed by atoms with Gasteiger partial charge in [-0.25, -0.2) is 0 Å². The number of benzene rings is 1. The second-order valence-corrected chi connectivity index (χ2v) is 6.37. The maximum Gasteiger partial charge on any atom is 0.284 e. The van der Waals surface area contributed by atoms with Crippen molar-refractivity contribution in [2.45, 2.75) is 36.1 Å². The first-order chi connectivity index (χ1) is 7.40. The highest BCUT2D eigenvalue weighted by molar-refractivity contribution is 8.13. The Morgan fingerprint density at radius 2 is 1.88 bits per heavy atom. The van der Waals surface area contributed by atoms with Gasteiger partial charge >= 0.3 is 0 Å². The zero-order chi connectivity index (χ0) is 12.2. The smallest absolute Gasteiger partial charge is 0.284 e. The standard InChI is InChI=1S/C12H17NOS2/c1-12(2,3)13-11(14)16-10-7-5-6-9(8-10)15-4/h5-8H,1-4H3,(H,13,14). The number of carbonyl (C=O) groups is 1. The molecule has 4 heteroatoms. The highest BCUT2D eigenvalue weighted by atomic mass is 32.2. The highest BCUT2D eigenvalue weighted by Gasteiger charge is 2.14. The molecule has 0 atom stereocenters. The van der Waals surface area contributed by atoms with Gasteiger partial charge in [0, 0.05) is 15.3 Å². The van der Waals surface area contributed by atoms with Gasteiger partial charge in [-0.3, -0.25) is 4.79 Å². The molecule has 0 bridgehead atoms. The Morgan fingerprint density at radius 1 is 1.25 bits per heavy atom. The molecular formula is C12H17NOS2. The van der Waals surface area contributed by atoms with Gasteiger partial charge in [-0.05, 0) is 57.0 Å². The van der Waals surface area contributed by atoms with E-state index in [2.05, 4.69) is 5.32 Å². The molecule has 0 aromatic heterocycles. The summed E-state index contributed by atoms with van der Waals surface area (Å²) in [5.74, 6) is 0. The molecule has 2 nitrogen and oxygen atoms in total. The van der Waals surface area contributed by atoms with Crippen molar-refractivity contribution in [2.75, 3.05) is 6.26 Å². The van der Waals surface area contributed by atoms with Gasteiger partial charge in [0.25, 0.3) is 5.24 Å². The van der Waals surface area contributed by atoms with Gasteiger partial charge in [0.15, 0.2) is 0 Å². The largest absolute Gasteiger partial charge is 0.342 e. The van der Waals surface area contributed by atoms with Gasteiger partial charge in [0.2, 0.25) is 0 Å². The third-order valence-electron chi connectivity index (χ3n) is 1.73. The number of thioether (sulfide) groups is 2. The summed E-state index contributed by atoms with van der Waals surface area (Å²) in [6.45, 7) is 5.93. The van der Waals surface area contributed by atoms with E-state index in [1.54, 1.807) is 11.8 Å². The number of hydrogen-bond acceptors (Lipinski definition) is 3. The summed E-state index contributed by atoms with van der Waals surface area (Å²) >= 11 is 2.91. The van der Waals surface area contributed by atoms with E-state index < -0.39 is 0 Å². The van der Waals surface area contributed by atoms with Crippen LogP contribution in [0.25, 0.3) is 0 Å². The summed E-state index contributed by atoms with van der Waals surface area (Å²) in [6, 6.07) is 7.99. The van der Waals surface area contributed by atoms with E-state index in [0.29, 0.717) is 0 Å². The lowest BCUT2D eigenvalue weighted by Gasteiger charge is -2.19. The summed E-state index contributed by atoms with van der Waals surface area (Å²) in [5.41, 5.74) is -0.179. The highest BCUT2D eigenvalue weighted by Crippen LogP contribution is 2.24. The van der Waals surface area contributed by atoms with Crippen LogP contribution >= 0.6 is 23.5 Å². The molecule has 0 saturated heterocycles. The van der Waals surface area contributed by atoms with E-state index >= 15 is 0 Å². The maximum atomic E-state index is 11.7. The van der Waals surface area contributed by atoms with Crippen LogP contribution in [-0.2, 0) is 0 Å². The van der Waals surface area contributed by atoms with Crippen molar-refractivity contribution in [1.82, 2.24) is 5.32 Å². The molecule has 16 heavy (non-hydrogen) atoms. The van der Waals surface area contributed by atoms with E-state index in [0.717, 1.165) is 4.90 Å². The molecule has 1 amide bonds. The first kappa shape index (κ1) is 13.5. The first-order valence-electron chi connectivity index (χ1n) is 5.05. The zero-order valence-corrected chi connectivity index (χ0v) is 11.7. The lowest BCUT2D eigenvalue weighted by atomic mass is 10.1. The third kappa shape index (κ3) is 4.94. The number of hydrogen-bond donors (Lipinski definition) is 1. The molecule has 0 unspecified atom stereocenters. The van der Waals surface area contributed by atoms with Crippen molar-refractivity contribution in [3.05, 3.63) is 24.3 Å². The van der Waals surface area contributed by atoms with Crippen LogP contribution in [0.3, 0.4) is 0 Å². The Labute approximate surface area is 106 Å². The van der Waals surface area contributed by atoms with Crippen LogP contribution in [0.15, 0.2) is 34.1 Å². The minimum Gasteiger partial charge on any atom is -0.342 e. The van der Waals surface area contributed by atoms with E-state index in [9.17, 15) is 4.79 Å². The van der Waals surface area contributed by atoms with Crippen LogP contribution in [0, 0.1) is 0 Å². The average Bonchev–Trinajstić information content (AvgIpc) is 2.15. The summed E-state index contributed by atoms with van der Waals surface area (Å²) in [5, 5.41) is 2.91. The SMILES string of the molecule is CSc1cccc(SC(=O)NC(C)(C)C)c1. The first-order valence-corrected chi connectivity index (χ1v) is 7.09. The fourth-order valence-electron chi connectivity index (χ4n) is 1.10. The quantitative estimate of drug-likeness (QED) is 0.810. The fraction of sp³-hybridized carbons (Fsp3) is 0.417. The van der Waals surface area contributed by atoms with Crippen molar-refractivity contribution >= 4 is 28.8 Å². The number of rotatable bonds is 2. The lowest BCUT2D eigenvalue weighted by Crippen LogP contribution is -2.38. The van der Waals surface area contributed by atoms with Crippen molar-refractivity contribution in [1.29, 1.82) is 0 Å². The summed E-state index contributed by atoms with van der Waals surface area (Å²) in [7, 11) is 0. The third-order valence-corrected chi connectivity index (χ3v) is 3.23.